The average Bonchev–Trinajstić information content (AvgIpc) is 2.68. The predicted molar refractivity (Wildman–Crippen MR) is 81.2 cm³/mol. The number of β-amino-alcohol motifs (C(OH)–C–C–N with tert-alkyl or cyclic N) is 1. The molecule has 6 heteroatoms. The molecule has 2 N–H and O–H groups in total. The van der Waals surface area contributed by atoms with Gasteiger partial charge in [0.15, 0.2) is 0 Å². The zero-order chi connectivity index (χ0) is 14.6. The van der Waals surface area contributed by atoms with Crippen molar-refractivity contribution < 1.29 is 9.84 Å². The first-order valence-electron chi connectivity index (χ1n) is 7.12. The minimum absolute atomic E-state index is 0.584. The number of morpholine rings is 1. The number of nitrogens with one attached hydrogen (secondary N) is 1. The molecule has 0 bridgehead atoms. The van der Waals surface area contributed by atoms with E-state index in [2.05, 4.69) is 15.2 Å². The Balaban J connectivity index is 1.75. The Kier molecular flexibility index (Phi) is 5.51. The van der Waals surface area contributed by atoms with E-state index in [9.17, 15) is 5.11 Å². The molecule has 1 aliphatic rings. The molecule has 2 heterocycles. The summed E-state index contributed by atoms with van der Waals surface area (Å²) >= 11 is 1.72. The smallest absolute Gasteiger partial charge is 0.0900 e. The van der Waals surface area contributed by atoms with E-state index in [1.165, 1.54) is 4.88 Å². The van der Waals surface area contributed by atoms with Crippen molar-refractivity contribution in [2.45, 2.75) is 32.9 Å². The van der Waals surface area contributed by atoms with E-state index in [4.69, 9.17) is 4.74 Å². The van der Waals surface area contributed by atoms with Crippen molar-refractivity contribution in [2.24, 2.45) is 0 Å². The SMILES string of the molecule is Cc1nc(C)c(CNCC(C)(O)CN2CCOCC2)s1. The quantitative estimate of drug-likeness (QED) is 0.818. The summed E-state index contributed by atoms with van der Waals surface area (Å²) in [7, 11) is 0. The van der Waals surface area contributed by atoms with Crippen molar-refractivity contribution in [3.05, 3.63) is 15.6 Å². The molecule has 0 saturated carbocycles. The van der Waals surface area contributed by atoms with Gasteiger partial charge in [0.1, 0.15) is 0 Å². The fourth-order valence-corrected chi connectivity index (χ4v) is 3.39. The molecule has 1 saturated heterocycles. The van der Waals surface area contributed by atoms with Crippen LogP contribution in [0.5, 0.6) is 0 Å². The summed E-state index contributed by atoms with van der Waals surface area (Å²) < 4.78 is 5.32. The monoisotopic (exact) mass is 299 g/mol. The normalized spacial score (nSPS) is 20.0. The zero-order valence-corrected chi connectivity index (χ0v) is 13.4. The molecule has 0 aromatic carbocycles. The second-order valence-corrected chi connectivity index (χ2v) is 7.02. The van der Waals surface area contributed by atoms with Crippen LogP contribution in [-0.2, 0) is 11.3 Å². The molecular weight excluding hydrogens is 274 g/mol. The van der Waals surface area contributed by atoms with Crippen molar-refractivity contribution in [1.82, 2.24) is 15.2 Å². The minimum Gasteiger partial charge on any atom is -0.388 e. The number of nitrogens with zero attached hydrogens (tertiary/aromatic N) is 2. The molecule has 2 rings (SSSR count). The van der Waals surface area contributed by atoms with Gasteiger partial charge >= 0.3 is 0 Å². The fraction of sp³-hybridized carbons (Fsp3) is 0.786. The van der Waals surface area contributed by atoms with Crippen molar-refractivity contribution in [2.75, 3.05) is 39.4 Å². The van der Waals surface area contributed by atoms with E-state index in [-0.39, 0.29) is 0 Å². The number of thiazole rings is 1. The van der Waals surface area contributed by atoms with Crippen molar-refractivity contribution in [3.8, 4) is 0 Å². The molecule has 0 aliphatic carbocycles. The Bertz CT molecular complexity index is 428. The van der Waals surface area contributed by atoms with Crippen LogP contribution in [0.2, 0.25) is 0 Å². The summed E-state index contributed by atoms with van der Waals surface area (Å²) in [4.78, 5) is 7.93. The van der Waals surface area contributed by atoms with E-state index in [0.717, 1.165) is 43.5 Å². The third-order valence-corrected chi connectivity index (χ3v) is 4.53. The number of rotatable bonds is 6. The molecule has 0 spiro atoms. The predicted octanol–water partition coefficient (Wildman–Crippen LogP) is 0.933. The van der Waals surface area contributed by atoms with Crippen LogP contribution in [0.3, 0.4) is 0 Å². The number of aromatic nitrogens is 1. The van der Waals surface area contributed by atoms with E-state index in [0.29, 0.717) is 13.1 Å². The van der Waals surface area contributed by atoms with E-state index in [1.807, 2.05) is 20.8 Å². The molecule has 1 aliphatic heterocycles. The highest BCUT2D eigenvalue weighted by atomic mass is 32.1. The lowest BCUT2D eigenvalue weighted by Crippen LogP contribution is -2.50. The maximum Gasteiger partial charge on any atom is 0.0900 e. The van der Waals surface area contributed by atoms with Crippen molar-refractivity contribution >= 4 is 11.3 Å². The van der Waals surface area contributed by atoms with Crippen LogP contribution in [0, 0.1) is 13.8 Å². The van der Waals surface area contributed by atoms with Crippen molar-refractivity contribution in [1.29, 1.82) is 0 Å². The fourth-order valence-electron chi connectivity index (χ4n) is 2.48. The number of aryl methyl sites for hydroxylation is 2. The number of hydrogen-bond donors (Lipinski definition) is 2. The van der Waals surface area contributed by atoms with Crippen LogP contribution in [0.1, 0.15) is 22.5 Å². The lowest BCUT2D eigenvalue weighted by molar-refractivity contribution is -0.0219. The third-order valence-electron chi connectivity index (χ3n) is 3.46. The van der Waals surface area contributed by atoms with Gasteiger partial charge in [-0.25, -0.2) is 4.98 Å². The number of ether oxygens (including phenoxy) is 1. The molecule has 20 heavy (non-hydrogen) atoms. The van der Waals surface area contributed by atoms with Crippen LogP contribution >= 0.6 is 11.3 Å². The van der Waals surface area contributed by atoms with Gasteiger partial charge in [-0.2, -0.15) is 0 Å². The largest absolute Gasteiger partial charge is 0.388 e. The van der Waals surface area contributed by atoms with Crippen molar-refractivity contribution in [3.63, 3.8) is 0 Å². The minimum atomic E-state index is -0.717. The molecule has 1 unspecified atom stereocenters. The van der Waals surface area contributed by atoms with Gasteiger partial charge < -0.3 is 15.2 Å². The zero-order valence-electron chi connectivity index (χ0n) is 12.6. The summed E-state index contributed by atoms with van der Waals surface area (Å²) in [6.07, 6.45) is 0. The Morgan fingerprint density at radius 2 is 2.10 bits per heavy atom. The molecule has 1 aromatic rings. The van der Waals surface area contributed by atoms with Crippen LogP contribution < -0.4 is 5.32 Å². The van der Waals surface area contributed by atoms with E-state index < -0.39 is 5.60 Å². The van der Waals surface area contributed by atoms with Crippen LogP contribution in [0.4, 0.5) is 0 Å². The lowest BCUT2D eigenvalue weighted by atomic mass is 10.1. The van der Waals surface area contributed by atoms with Gasteiger partial charge in [-0.3, -0.25) is 4.90 Å². The molecule has 1 atom stereocenters. The number of hydrogen-bond acceptors (Lipinski definition) is 6. The van der Waals surface area contributed by atoms with Crippen LogP contribution in [0.25, 0.3) is 0 Å². The molecule has 114 valence electrons. The van der Waals surface area contributed by atoms with Gasteiger partial charge in [0.25, 0.3) is 0 Å². The van der Waals surface area contributed by atoms with E-state index in [1.54, 1.807) is 11.3 Å². The molecule has 0 amide bonds. The summed E-state index contributed by atoms with van der Waals surface area (Å²) in [6.45, 7) is 11.3. The van der Waals surface area contributed by atoms with Gasteiger partial charge in [-0.15, -0.1) is 11.3 Å². The Hall–Kier alpha value is -0.530. The second kappa shape index (κ2) is 6.95. The lowest BCUT2D eigenvalue weighted by Gasteiger charge is -2.34. The summed E-state index contributed by atoms with van der Waals surface area (Å²) in [5.74, 6) is 0. The standard InChI is InChI=1S/C14H25N3O2S/c1-11-13(20-12(2)16-11)8-15-9-14(3,18)10-17-4-6-19-7-5-17/h15,18H,4-10H2,1-3H3. The molecule has 1 fully saturated rings. The topological polar surface area (TPSA) is 57.6 Å². The van der Waals surface area contributed by atoms with E-state index >= 15 is 0 Å². The highest BCUT2D eigenvalue weighted by Gasteiger charge is 2.25. The highest BCUT2D eigenvalue weighted by Crippen LogP contribution is 2.17. The first kappa shape index (κ1) is 15.9. The maximum atomic E-state index is 10.5. The van der Waals surface area contributed by atoms with Gasteiger partial charge in [0.2, 0.25) is 0 Å². The molecular formula is C14H25N3O2S. The van der Waals surface area contributed by atoms with Gasteiger partial charge in [-0.1, -0.05) is 0 Å². The third kappa shape index (κ3) is 4.79. The molecule has 0 radical (unpaired) electrons. The summed E-state index contributed by atoms with van der Waals surface area (Å²) in [5.41, 5.74) is 0.373. The summed E-state index contributed by atoms with van der Waals surface area (Å²) in [6, 6.07) is 0. The van der Waals surface area contributed by atoms with Gasteiger partial charge in [0.05, 0.1) is 29.5 Å². The van der Waals surface area contributed by atoms with Crippen LogP contribution in [-0.4, -0.2) is 60.0 Å². The summed E-state index contributed by atoms with van der Waals surface area (Å²) in [5, 5.41) is 14.9. The first-order valence-corrected chi connectivity index (χ1v) is 7.94. The van der Waals surface area contributed by atoms with Gasteiger partial charge in [0, 0.05) is 37.6 Å². The van der Waals surface area contributed by atoms with Gasteiger partial charge in [-0.05, 0) is 20.8 Å². The number of aliphatic hydroxyl groups is 1. The Morgan fingerprint density at radius 3 is 2.70 bits per heavy atom. The molecule has 1 aromatic heterocycles. The second-order valence-electron chi connectivity index (χ2n) is 5.73. The molecule has 5 nitrogen and oxygen atoms in total. The Labute approximate surface area is 125 Å². The van der Waals surface area contributed by atoms with Crippen LogP contribution in [0.15, 0.2) is 0 Å². The average molecular weight is 299 g/mol. The maximum absolute atomic E-state index is 10.5. The Morgan fingerprint density at radius 1 is 1.40 bits per heavy atom. The first-order chi connectivity index (χ1) is 9.46. The highest BCUT2D eigenvalue weighted by molar-refractivity contribution is 7.11.